The molecule has 6 heteroatoms. The Kier molecular flexibility index (Phi) is 5.23. The van der Waals surface area contributed by atoms with Crippen LogP contribution in [0.1, 0.15) is 33.6 Å². The van der Waals surface area contributed by atoms with Gasteiger partial charge in [0.25, 0.3) is 0 Å². The van der Waals surface area contributed by atoms with Crippen LogP contribution in [0.3, 0.4) is 0 Å². The maximum atomic E-state index is 11.7. The number of ether oxygens (including phenoxy) is 3. The summed E-state index contributed by atoms with van der Waals surface area (Å²) in [5.74, 6) is 1.50. The third-order valence-electron chi connectivity index (χ3n) is 3.63. The zero-order valence-corrected chi connectivity index (χ0v) is 14.4. The van der Waals surface area contributed by atoms with Crippen LogP contribution < -0.4 is 20.1 Å². The molecular formula is C17H26N2O4. The van der Waals surface area contributed by atoms with Crippen molar-refractivity contribution < 1.29 is 19.0 Å². The van der Waals surface area contributed by atoms with Gasteiger partial charge < -0.3 is 24.8 Å². The molecular weight excluding hydrogens is 296 g/mol. The second-order valence-electron chi connectivity index (χ2n) is 6.72. The fraction of sp³-hybridized carbons (Fsp3) is 0.588. The van der Waals surface area contributed by atoms with Crippen LogP contribution in [0.4, 0.5) is 10.5 Å². The van der Waals surface area contributed by atoms with Gasteiger partial charge in [0.05, 0.1) is 19.9 Å². The Morgan fingerprint density at radius 1 is 1.13 bits per heavy atom. The number of carbonyl (C=O) groups is 1. The number of methoxy groups -OCH3 is 2. The van der Waals surface area contributed by atoms with Crippen LogP contribution >= 0.6 is 0 Å². The molecule has 0 saturated heterocycles. The van der Waals surface area contributed by atoms with E-state index in [2.05, 4.69) is 10.6 Å². The van der Waals surface area contributed by atoms with Crippen molar-refractivity contribution in [2.24, 2.45) is 0 Å². The number of hydrogen-bond acceptors (Lipinski definition) is 5. The first kappa shape index (κ1) is 17.2. The van der Waals surface area contributed by atoms with Crippen LogP contribution in [0.25, 0.3) is 0 Å². The van der Waals surface area contributed by atoms with E-state index in [1.165, 1.54) is 0 Å². The molecule has 0 atom stereocenters. The maximum Gasteiger partial charge on any atom is 0.407 e. The highest BCUT2D eigenvalue weighted by atomic mass is 16.6. The number of alkyl carbamates (subject to hydrolysis) is 1. The Labute approximate surface area is 137 Å². The summed E-state index contributed by atoms with van der Waals surface area (Å²) in [4.78, 5) is 11.7. The van der Waals surface area contributed by atoms with Gasteiger partial charge in [-0.25, -0.2) is 4.79 Å². The molecule has 1 aliphatic carbocycles. The van der Waals surface area contributed by atoms with E-state index in [1.54, 1.807) is 14.2 Å². The van der Waals surface area contributed by atoms with Gasteiger partial charge >= 0.3 is 6.09 Å². The van der Waals surface area contributed by atoms with Gasteiger partial charge in [-0.1, -0.05) is 0 Å². The number of rotatable bonds is 5. The van der Waals surface area contributed by atoms with E-state index in [9.17, 15) is 4.79 Å². The van der Waals surface area contributed by atoms with Crippen molar-refractivity contribution in [1.82, 2.24) is 5.32 Å². The predicted octanol–water partition coefficient (Wildman–Crippen LogP) is 3.17. The lowest BCUT2D eigenvalue weighted by Gasteiger charge is -2.37. The molecule has 6 nitrogen and oxygen atoms in total. The highest BCUT2D eigenvalue weighted by molar-refractivity contribution is 5.68. The summed E-state index contributed by atoms with van der Waals surface area (Å²) in [6.45, 7) is 5.56. The molecule has 0 unspecified atom stereocenters. The minimum atomic E-state index is -0.470. The highest BCUT2D eigenvalue weighted by Crippen LogP contribution is 2.32. The first-order valence-electron chi connectivity index (χ1n) is 7.79. The van der Waals surface area contributed by atoms with Gasteiger partial charge in [0.2, 0.25) is 0 Å². The van der Waals surface area contributed by atoms with Crippen molar-refractivity contribution in [3.05, 3.63) is 18.2 Å². The van der Waals surface area contributed by atoms with Crippen LogP contribution in [0.5, 0.6) is 11.5 Å². The molecule has 128 valence electrons. The second-order valence-corrected chi connectivity index (χ2v) is 6.72. The van der Waals surface area contributed by atoms with Gasteiger partial charge in [0.1, 0.15) is 17.1 Å². The topological polar surface area (TPSA) is 68.8 Å². The lowest BCUT2D eigenvalue weighted by Crippen LogP contribution is -2.50. The molecule has 0 bridgehead atoms. The summed E-state index contributed by atoms with van der Waals surface area (Å²) in [6, 6.07) is 6.12. The maximum absolute atomic E-state index is 11.7. The van der Waals surface area contributed by atoms with E-state index in [-0.39, 0.29) is 12.1 Å². The minimum Gasteiger partial charge on any atom is -0.497 e. The van der Waals surface area contributed by atoms with E-state index in [1.807, 2.05) is 39.0 Å². The first-order valence-corrected chi connectivity index (χ1v) is 7.79. The van der Waals surface area contributed by atoms with Gasteiger partial charge in [-0.05, 0) is 45.7 Å². The molecule has 23 heavy (non-hydrogen) atoms. The largest absolute Gasteiger partial charge is 0.497 e. The van der Waals surface area contributed by atoms with Crippen LogP contribution in [0.2, 0.25) is 0 Å². The summed E-state index contributed by atoms with van der Waals surface area (Å²) in [7, 11) is 3.26. The standard InChI is InChI=1S/C17H26N2O4/c1-17(2,3)23-16(20)19-12-8-11(9-12)18-14-7-6-13(21-4)10-15(14)22-5/h6-7,10-12,18H,8-9H2,1-5H3,(H,19,20). The molecule has 2 rings (SSSR count). The zero-order chi connectivity index (χ0) is 17.0. The van der Waals surface area contributed by atoms with Crippen LogP contribution in [-0.2, 0) is 4.74 Å². The number of amides is 1. The van der Waals surface area contributed by atoms with Crippen LogP contribution in [0.15, 0.2) is 18.2 Å². The SMILES string of the molecule is COc1ccc(NC2CC(NC(=O)OC(C)(C)C)C2)c(OC)c1. The quantitative estimate of drug-likeness (QED) is 0.871. The normalized spacial score (nSPS) is 20.2. The third-order valence-corrected chi connectivity index (χ3v) is 3.63. The van der Waals surface area contributed by atoms with E-state index in [4.69, 9.17) is 14.2 Å². The van der Waals surface area contributed by atoms with Crippen molar-refractivity contribution in [3.8, 4) is 11.5 Å². The molecule has 0 radical (unpaired) electrons. The van der Waals surface area contributed by atoms with Gasteiger partial charge in [0.15, 0.2) is 0 Å². The summed E-state index contributed by atoms with van der Waals surface area (Å²) in [5.41, 5.74) is 0.455. The fourth-order valence-corrected chi connectivity index (χ4v) is 2.47. The third kappa shape index (κ3) is 4.94. The fourth-order valence-electron chi connectivity index (χ4n) is 2.47. The summed E-state index contributed by atoms with van der Waals surface area (Å²) in [5, 5.41) is 6.31. The molecule has 1 aliphatic rings. The predicted molar refractivity (Wildman–Crippen MR) is 89.3 cm³/mol. The Hall–Kier alpha value is -2.11. The Bertz CT molecular complexity index is 548. The first-order chi connectivity index (χ1) is 10.8. The minimum absolute atomic E-state index is 0.145. The molecule has 1 fully saturated rings. The summed E-state index contributed by atoms with van der Waals surface area (Å²) < 4.78 is 15.8. The molecule has 1 amide bonds. The van der Waals surface area contributed by atoms with Crippen molar-refractivity contribution in [2.45, 2.75) is 51.3 Å². The molecule has 0 spiro atoms. The molecule has 1 aromatic carbocycles. The van der Waals surface area contributed by atoms with Crippen molar-refractivity contribution in [2.75, 3.05) is 19.5 Å². The second kappa shape index (κ2) is 6.98. The van der Waals surface area contributed by atoms with Crippen molar-refractivity contribution in [1.29, 1.82) is 0 Å². The Balaban J connectivity index is 1.81. The smallest absolute Gasteiger partial charge is 0.407 e. The van der Waals surface area contributed by atoms with Crippen molar-refractivity contribution in [3.63, 3.8) is 0 Å². The Morgan fingerprint density at radius 3 is 2.39 bits per heavy atom. The average Bonchev–Trinajstić information content (AvgIpc) is 2.43. The number of anilines is 1. The van der Waals surface area contributed by atoms with Crippen LogP contribution in [-0.4, -0.2) is 38.0 Å². The van der Waals surface area contributed by atoms with E-state index < -0.39 is 5.60 Å². The molecule has 2 N–H and O–H groups in total. The molecule has 1 aromatic rings. The number of hydrogen-bond donors (Lipinski definition) is 2. The van der Waals surface area contributed by atoms with Crippen molar-refractivity contribution >= 4 is 11.8 Å². The number of benzene rings is 1. The van der Waals surface area contributed by atoms with Gasteiger partial charge in [-0.15, -0.1) is 0 Å². The molecule has 1 saturated carbocycles. The summed E-state index contributed by atoms with van der Waals surface area (Å²) in [6.07, 6.45) is 1.35. The van der Waals surface area contributed by atoms with E-state index in [0.717, 1.165) is 30.0 Å². The lowest BCUT2D eigenvalue weighted by atomic mass is 9.86. The van der Waals surface area contributed by atoms with E-state index >= 15 is 0 Å². The monoisotopic (exact) mass is 322 g/mol. The lowest BCUT2D eigenvalue weighted by molar-refractivity contribution is 0.0475. The molecule has 0 heterocycles. The summed E-state index contributed by atoms with van der Waals surface area (Å²) >= 11 is 0. The Morgan fingerprint density at radius 2 is 1.83 bits per heavy atom. The molecule has 0 aliphatic heterocycles. The van der Waals surface area contributed by atoms with Gasteiger partial charge in [-0.2, -0.15) is 0 Å². The molecule has 0 aromatic heterocycles. The number of carbonyl (C=O) groups excluding carboxylic acids is 1. The average molecular weight is 322 g/mol. The number of nitrogens with one attached hydrogen (secondary N) is 2. The van der Waals surface area contributed by atoms with E-state index in [0.29, 0.717) is 6.04 Å². The highest BCUT2D eigenvalue weighted by Gasteiger charge is 2.32. The zero-order valence-electron chi connectivity index (χ0n) is 14.4. The van der Waals surface area contributed by atoms with Gasteiger partial charge in [0, 0.05) is 18.2 Å². The van der Waals surface area contributed by atoms with Crippen LogP contribution in [0, 0.1) is 0 Å². The van der Waals surface area contributed by atoms with Gasteiger partial charge in [-0.3, -0.25) is 0 Å².